The second-order valence-electron chi connectivity index (χ2n) is 7.92. The molecule has 0 bridgehead atoms. The van der Waals surface area contributed by atoms with Gasteiger partial charge in [0.25, 0.3) is 0 Å². The van der Waals surface area contributed by atoms with Gasteiger partial charge in [0.05, 0.1) is 31.2 Å². The fraction of sp³-hybridized carbons (Fsp3) is 0.348. The van der Waals surface area contributed by atoms with Gasteiger partial charge in [0.2, 0.25) is 11.9 Å². The number of nitrogens with one attached hydrogen (secondary N) is 2. The lowest BCUT2D eigenvalue weighted by Gasteiger charge is -2.33. The maximum absolute atomic E-state index is 12.5. The monoisotopic (exact) mass is 447 g/mol. The van der Waals surface area contributed by atoms with Gasteiger partial charge in [-0.15, -0.1) is 0 Å². The highest BCUT2D eigenvalue weighted by molar-refractivity contribution is 5.83. The number of aromatic nitrogens is 3. The molecule has 1 fully saturated rings. The van der Waals surface area contributed by atoms with Crippen LogP contribution in [-0.4, -0.2) is 63.5 Å². The van der Waals surface area contributed by atoms with Crippen LogP contribution >= 0.6 is 0 Å². The van der Waals surface area contributed by atoms with Gasteiger partial charge >= 0.3 is 6.09 Å². The molecule has 4 rings (SSSR count). The van der Waals surface area contributed by atoms with Crippen molar-refractivity contribution in [3.63, 3.8) is 0 Å². The van der Waals surface area contributed by atoms with Gasteiger partial charge in [-0.25, -0.2) is 9.78 Å². The van der Waals surface area contributed by atoms with Crippen molar-refractivity contribution in [3.05, 3.63) is 53.2 Å². The largest absolute Gasteiger partial charge is 0.453 e. The van der Waals surface area contributed by atoms with E-state index in [1.165, 1.54) is 12.0 Å². The lowest BCUT2D eigenvalue weighted by atomic mass is 10.0. The van der Waals surface area contributed by atoms with E-state index < -0.39 is 6.09 Å². The van der Waals surface area contributed by atoms with Gasteiger partial charge < -0.3 is 19.9 Å². The molecule has 1 atom stereocenters. The van der Waals surface area contributed by atoms with Crippen LogP contribution in [0.25, 0.3) is 11.2 Å². The summed E-state index contributed by atoms with van der Waals surface area (Å²) >= 11 is 0. The molecule has 10 heteroatoms. The molecule has 1 saturated heterocycles. The minimum Gasteiger partial charge on any atom is -0.453 e. The molecule has 1 aliphatic heterocycles. The SMILES string of the molecule is COC(=O)N1CCN(Cc2cccc([C@@H](CC#N)Nc3nc4nc(C)ccc4[nH]3)c2)C(=O)C1. The van der Waals surface area contributed by atoms with E-state index in [4.69, 9.17) is 4.74 Å². The van der Waals surface area contributed by atoms with Crippen LogP contribution in [0.3, 0.4) is 0 Å². The number of amides is 2. The van der Waals surface area contributed by atoms with Crippen LogP contribution in [0.4, 0.5) is 10.7 Å². The number of rotatable bonds is 6. The first kappa shape index (κ1) is 22.1. The Hall–Kier alpha value is -4.13. The third kappa shape index (κ3) is 5.03. The number of H-pyrrole nitrogens is 1. The maximum atomic E-state index is 12.5. The number of nitrogens with zero attached hydrogens (tertiary/aromatic N) is 5. The molecule has 2 aromatic heterocycles. The Balaban J connectivity index is 1.48. The van der Waals surface area contributed by atoms with Crippen LogP contribution in [0, 0.1) is 18.3 Å². The molecule has 1 aliphatic rings. The van der Waals surface area contributed by atoms with Crippen molar-refractivity contribution in [1.29, 1.82) is 5.26 Å². The van der Waals surface area contributed by atoms with Gasteiger partial charge in [-0.3, -0.25) is 9.69 Å². The van der Waals surface area contributed by atoms with Crippen molar-refractivity contribution in [2.45, 2.75) is 25.9 Å². The van der Waals surface area contributed by atoms with Crippen LogP contribution in [-0.2, 0) is 16.1 Å². The smallest absolute Gasteiger partial charge is 0.410 e. The average molecular weight is 447 g/mol. The Bertz CT molecular complexity index is 1220. The Morgan fingerprint density at radius 3 is 2.91 bits per heavy atom. The number of hydrogen-bond acceptors (Lipinski definition) is 7. The highest BCUT2D eigenvalue weighted by atomic mass is 16.5. The van der Waals surface area contributed by atoms with Crippen LogP contribution in [0.5, 0.6) is 0 Å². The van der Waals surface area contributed by atoms with Crippen molar-refractivity contribution in [2.24, 2.45) is 0 Å². The van der Waals surface area contributed by atoms with Crippen molar-refractivity contribution in [1.82, 2.24) is 24.8 Å². The number of anilines is 1. The summed E-state index contributed by atoms with van der Waals surface area (Å²) in [5, 5.41) is 12.7. The molecule has 0 unspecified atom stereocenters. The zero-order valence-corrected chi connectivity index (χ0v) is 18.5. The number of carbonyl (C=O) groups excluding carboxylic acids is 2. The minimum atomic E-state index is -0.494. The number of nitriles is 1. The fourth-order valence-electron chi connectivity index (χ4n) is 3.85. The van der Waals surface area contributed by atoms with E-state index in [-0.39, 0.29) is 24.9 Å². The standard InChI is InChI=1S/C23H25N7O3/c1-15-6-7-19-21(25-15)28-22(27-19)26-18(8-9-24)17-5-3-4-16(12-17)13-29-10-11-30(14-20(29)31)23(32)33-2/h3-7,12,18H,8,10-11,13-14H2,1-2H3,(H2,25,26,27,28)/t18-/m1/s1. The predicted octanol–water partition coefficient (Wildman–Crippen LogP) is 2.74. The highest BCUT2D eigenvalue weighted by Gasteiger charge is 2.27. The summed E-state index contributed by atoms with van der Waals surface area (Å²) in [7, 11) is 1.30. The van der Waals surface area contributed by atoms with E-state index in [1.54, 1.807) is 4.90 Å². The third-order valence-electron chi connectivity index (χ3n) is 5.57. The summed E-state index contributed by atoms with van der Waals surface area (Å²) in [5.74, 6) is 0.414. The van der Waals surface area contributed by atoms with Crippen LogP contribution in [0.15, 0.2) is 36.4 Å². The van der Waals surface area contributed by atoms with E-state index in [1.807, 2.05) is 43.3 Å². The summed E-state index contributed by atoms with van der Waals surface area (Å²) in [4.78, 5) is 39.4. The number of aryl methyl sites for hydroxylation is 1. The van der Waals surface area contributed by atoms with Crippen molar-refractivity contribution in [3.8, 4) is 6.07 Å². The first-order valence-electron chi connectivity index (χ1n) is 10.6. The van der Waals surface area contributed by atoms with Crippen LogP contribution in [0.2, 0.25) is 0 Å². The van der Waals surface area contributed by atoms with Crippen molar-refractivity contribution < 1.29 is 14.3 Å². The van der Waals surface area contributed by atoms with Crippen LogP contribution < -0.4 is 5.32 Å². The Morgan fingerprint density at radius 1 is 1.30 bits per heavy atom. The number of hydrogen-bond donors (Lipinski definition) is 2. The quantitative estimate of drug-likeness (QED) is 0.595. The van der Waals surface area contributed by atoms with E-state index >= 15 is 0 Å². The lowest BCUT2D eigenvalue weighted by molar-refractivity contribution is -0.135. The van der Waals surface area contributed by atoms with Gasteiger partial charge in [0, 0.05) is 25.3 Å². The van der Waals surface area contributed by atoms with Gasteiger partial charge in [-0.2, -0.15) is 10.2 Å². The maximum Gasteiger partial charge on any atom is 0.410 e. The predicted molar refractivity (Wildman–Crippen MR) is 121 cm³/mol. The molecule has 170 valence electrons. The van der Waals surface area contributed by atoms with Crippen molar-refractivity contribution >= 4 is 29.1 Å². The molecule has 0 spiro atoms. The van der Waals surface area contributed by atoms with Gasteiger partial charge in [0.15, 0.2) is 5.65 Å². The van der Waals surface area contributed by atoms with Crippen molar-refractivity contribution in [2.75, 3.05) is 32.1 Å². The Kier molecular flexibility index (Phi) is 6.40. The molecule has 1 aromatic carbocycles. The molecule has 2 N–H and O–H groups in total. The molecule has 3 heterocycles. The van der Waals surface area contributed by atoms with E-state index in [9.17, 15) is 14.9 Å². The van der Waals surface area contributed by atoms with E-state index in [0.717, 1.165) is 22.3 Å². The first-order valence-corrected chi connectivity index (χ1v) is 10.6. The number of pyridine rings is 1. The topological polar surface area (TPSA) is 127 Å². The summed E-state index contributed by atoms with van der Waals surface area (Å²) in [6.07, 6.45) is -0.254. The Morgan fingerprint density at radius 2 is 2.15 bits per heavy atom. The highest BCUT2D eigenvalue weighted by Crippen LogP contribution is 2.24. The van der Waals surface area contributed by atoms with Gasteiger partial charge in [-0.05, 0) is 30.2 Å². The normalized spacial score (nSPS) is 14.8. The van der Waals surface area contributed by atoms with Crippen LogP contribution in [0.1, 0.15) is 29.3 Å². The number of piperazine rings is 1. The fourth-order valence-corrected chi connectivity index (χ4v) is 3.85. The molecule has 2 amide bonds. The first-order chi connectivity index (χ1) is 16.0. The Labute approximate surface area is 191 Å². The molecule has 33 heavy (non-hydrogen) atoms. The number of carbonyl (C=O) groups is 2. The second-order valence-corrected chi connectivity index (χ2v) is 7.92. The molecule has 10 nitrogen and oxygen atoms in total. The van der Waals surface area contributed by atoms with E-state index in [2.05, 4.69) is 26.3 Å². The zero-order valence-electron chi connectivity index (χ0n) is 18.5. The number of methoxy groups -OCH3 is 1. The number of ether oxygens (including phenoxy) is 1. The summed E-state index contributed by atoms with van der Waals surface area (Å²) < 4.78 is 4.70. The van der Waals surface area contributed by atoms with E-state index in [0.29, 0.717) is 31.2 Å². The minimum absolute atomic E-state index is 0.00450. The summed E-state index contributed by atoms with van der Waals surface area (Å²) in [5.41, 5.74) is 4.17. The van der Waals surface area contributed by atoms with Gasteiger partial charge in [-0.1, -0.05) is 24.3 Å². The second kappa shape index (κ2) is 9.56. The number of aromatic amines is 1. The van der Waals surface area contributed by atoms with Gasteiger partial charge in [0.1, 0.15) is 6.54 Å². The molecule has 0 saturated carbocycles. The molecule has 0 radical (unpaired) electrons. The third-order valence-corrected chi connectivity index (χ3v) is 5.57. The average Bonchev–Trinajstić information content (AvgIpc) is 3.21. The zero-order chi connectivity index (χ0) is 23.4. The molecular formula is C23H25N7O3. The molecular weight excluding hydrogens is 422 g/mol. The lowest BCUT2D eigenvalue weighted by Crippen LogP contribution is -2.51. The number of benzene rings is 1. The number of fused-ring (bicyclic) bond motifs is 1. The summed E-state index contributed by atoms with van der Waals surface area (Å²) in [6, 6.07) is 13.6. The summed E-state index contributed by atoms with van der Waals surface area (Å²) in [6.45, 7) is 3.20. The number of imidazole rings is 1. The molecule has 0 aliphatic carbocycles. The molecule has 3 aromatic rings.